The van der Waals surface area contributed by atoms with Crippen LogP contribution in [-0.2, 0) is 9.53 Å². The molecule has 0 aromatic carbocycles. The Morgan fingerprint density at radius 2 is 1.94 bits per heavy atom. The third-order valence-corrected chi connectivity index (χ3v) is 4.65. The Morgan fingerprint density at radius 1 is 1.29 bits per heavy atom. The molecule has 5 heteroatoms. The zero-order valence-electron chi connectivity index (χ0n) is 11.2. The van der Waals surface area contributed by atoms with E-state index in [4.69, 9.17) is 4.74 Å². The molecule has 0 unspecified atom stereocenters. The molecule has 0 aromatic rings. The van der Waals surface area contributed by atoms with Crippen molar-refractivity contribution >= 4 is 27.6 Å². The van der Waals surface area contributed by atoms with Crippen LogP contribution in [0.2, 0.25) is 0 Å². The summed E-state index contributed by atoms with van der Waals surface area (Å²) in [7, 11) is 7.90. The molecule has 0 bridgehead atoms. The molecule has 0 N–H and O–H groups in total. The molecule has 0 spiro atoms. The fraction of sp³-hybridized carbons (Fsp3) is 0.917. The van der Waals surface area contributed by atoms with Gasteiger partial charge >= 0.3 is 5.97 Å². The molecule has 0 aliphatic carbocycles. The molecule has 102 valence electrons. The summed E-state index contributed by atoms with van der Waals surface area (Å²) in [5, 5.41) is 0. The van der Waals surface area contributed by atoms with Gasteiger partial charge in [-0.05, 0) is 26.9 Å². The molecule has 1 aliphatic heterocycles. The Kier molecular flexibility index (Phi) is 12.7. The number of likely N-dealkylation sites (N-methyl/N-ethyl adjacent to an activating group) is 1. The minimum Gasteiger partial charge on any atom is -0.464 e. The average Bonchev–Trinajstić information content (AvgIpc) is 2.84. The van der Waals surface area contributed by atoms with E-state index in [1.165, 1.54) is 17.9 Å². The first kappa shape index (κ1) is 17.1. The van der Waals surface area contributed by atoms with Crippen molar-refractivity contribution in [1.82, 2.24) is 4.90 Å². The Bertz CT molecular complexity index is 178. The molecular formula is C12H25NO2S2. The van der Waals surface area contributed by atoms with Crippen LogP contribution in [0.15, 0.2) is 0 Å². The summed E-state index contributed by atoms with van der Waals surface area (Å²) in [6.45, 7) is 3.38. The lowest BCUT2D eigenvalue weighted by molar-refractivity contribution is -0.144. The Hall–Kier alpha value is 0.130. The van der Waals surface area contributed by atoms with Crippen molar-refractivity contribution in [3.8, 4) is 0 Å². The van der Waals surface area contributed by atoms with Gasteiger partial charge in [0.25, 0.3) is 0 Å². The standard InChI is InChI=1S/C9H19NO2.C3H6S2/c1-4-5-6-9(11)12-8-7-10(2)3;1-2-4-5-3-1/h4-8H2,1-3H3;1-3H2. The highest BCUT2D eigenvalue weighted by Gasteiger charge is 2.00. The highest BCUT2D eigenvalue weighted by molar-refractivity contribution is 8.77. The van der Waals surface area contributed by atoms with Crippen LogP contribution < -0.4 is 0 Å². The zero-order valence-corrected chi connectivity index (χ0v) is 12.9. The second-order valence-corrected chi connectivity index (χ2v) is 6.83. The number of carbonyl (C=O) groups excluding carboxylic acids is 1. The highest BCUT2D eigenvalue weighted by atomic mass is 33.1. The molecule has 0 radical (unpaired) electrons. The van der Waals surface area contributed by atoms with Gasteiger partial charge in [0.05, 0.1) is 0 Å². The first-order valence-corrected chi connectivity index (χ1v) is 8.70. The van der Waals surface area contributed by atoms with Gasteiger partial charge in [0.1, 0.15) is 6.61 Å². The summed E-state index contributed by atoms with van der Waals surface area (Å²) < 4.78 is 4.97. The maximum atomic E-state index is 10.9. The van der Waals surface area contributed by atoms with Crippen molar-refractivity contribution in [2.24, 2.45) is 0 Å². The molecule has 0 atom stereocenters. The summed E-state index contributed by atoms with van der Waals surface area (Å²) in [6.07, 6.45) is 3.96. The number of nitrogens with zero attached hydrogens (tertiary/aromatic N) is 1. The Labute approximate surface area is 113 Å². The van der Waals surface area contributed by atoms with E-state index < -0.39 is 0 Å². The number of hydrogen-bond acceptors (Lipinski definition) is 5. The van der Waals surface area contributed by atoms with Crippen LogP contribution in [-0.4, -0.2) is 49.6 Å². The van der Waals surface area contributed by atoms with Crippen molar-refractivity contribution in [3.63, 3.8) is 0 Å². The molecule has 1 heterocycles. The summed E-state index contributed by atoms with van der Waals surface area (Å²) >= 11 is 0. The van der Waals surface area contributed by atoms with Crippen LogP contribution in [0, 0.1) is 0 Å². The first-order chi connectivity index (χ1) is 8.16. The van der Waals surface area contributed by atoms with Gasteiger partial charge in [-0.15, -0.1) is 0 Å². The van der Waals surface area contributed by atoms with Gasteiger partial charge < -0.3 is 9.64 Å². The minimum atomic E-state index is -0.0706. The summed E-state index contributed by atoms with van der Waals surface area (Å²) in [5.74, 6) is 2.69. The number of hydrogen-bond donors (Lipinski definition) is 0. The number of ether oxygens (including phenoxy) is 1. The van der Waals surface area contributed by atoms with E-state index in [1.807, 2.05) is 40.6 Å². The molecule has 1 fully saturated rings. The Balaban J connectivity index is 0.000000419. The molecule has 17 heavy (non-hydrogen) atoms. The number of esters is 1. The van der Waals surface area contributed by atoms with Gasteiger partial charge in [-0.1, -0.05) is 34.9 Å². The van der Waals surface area contributed by atoms with Crippen molar-refractivity contribution in [2.75, 3.05) is 38.8 Å². The van der Waals surface area contributed by atoms with Gasteiger partial charge in [0.15, 0.2) is 0 Å². The van der Waals surface area contributed by atoms with Crippen LogP contribution >= 0.6 is 21.6 Å². The molecule has 1 rings (SSSR count). The zero-order chi connectivity index (χ0) is 12.9. The van der Waals surface area contributed by atoms with E-state index in [0.29, 0.717) is 13.0 Å². The third-order valence-electron chi connectivity index (χ3n) is 2.07. The summed E-state index contributed by atoms with van der Waals surface area (Å²) in [5.41, 5.74) is 0. The van der Waals surface area contributed by atoms with E-state index in [-0.39, 0.29) is 5.97 Å². The van der Waals surface area contributed by atoms with E-state index in [0.717, 1.165) is 19.4 Å². The van der Waals surface area contributed by atoms with Crippen LogP contribution in [0.5, 0.6) is 0 Å². The smallest absolute Gasteiger partial charge is 0.305 e. The predicted molar refractivity (Wildman–Crippen MR) is 78.6 cm³/mol. The van der Waals surface area contributed by atoms with Crippen molar-refractivity contribution in [2.45, 2.75) is 32.6 Å². The second-order valence-electron chi connectivity index (χ2n) is 4.12. The maximum absolute atomic E-state index is 10.9. The lowest BCUT2D eigenvalue weighted by Gasteiger charge is -2.09. The minimum absolute atomic E-state index is 0.0706. The topological polar surface area (TPSA) is 29.5 Å². The number of carbonyl (C=O) groups is 1. The van der Waals surface area contributed by atoms with Gasteiger partial charge in [0.2, 0.25) is 0 Å². The Morgan fingerprint density at radius 3 is 2.35 bits per heavy atom. The molecule has 1 aliphatic rings. The van der Waals surface area contributed by atoms with Crippen LogP contribution in [0.25, 0.3) is 0 Å². The van der Waals surface area contributed by atoms with Crippen molar-refractivity contribution in [3.05, 3.63) is 0 Å². The fourth-order valence-electron chi connectivity index (χ4n) is 1.03. The maximum Gasteiger partial charge on any atom is 0.305 e. The van der Waals surface area contributed by atoms with E-state index in [2.05, 4.69) is 6.92 Å². The average molecular weight is 279 g/mol. The highest BCUT2D eigenvalue weighted by Crippen LogP contribution is 2.29. The van der Waals surface area contributed by atoms with Gasteiger partial charge in [0, 0.05) is 24.5 Å². The van der Waals surface area contributed by atoms with Gasteiger partial charge in [-0.2, -0.15) is 0 Å². The molecular weight excluding hydrogens is 254 g/mol. The van der Waals surface area contributed by atoms with E-state index >= 15 is 0 Å². The van der Waals surface area contributed by atoms with E-state index in [1.54, 1.807) is 0 Å². The molecule has 3 nitrogen and oxygen atoms in total. The quantitative estimate of drug-likeness (QED) is 0.551. The molecule has 0 amide bonds. The summed E-state index contributed by atoms with van der Waals surface area (Å²) in [6, 6.07) is 0. The SMILES string of the molecule is C1CSSC1.CCCCC(=O)OCCN(C)C. The summed E-state index contributed by atoms with van der Waals surface area (Å²) in [4.78, 5) is 12.9. The molecule has 1 saturated heterocycles. The number of rotatable bonds is 6. The normalized spacial score (nSPS) is 14.4. The first-order valence-electron chi connectivity index (χ1n) is 6.21. The van der Waals surface area contributed by atoms with Crippen LogP contribution in [0.3, 0.4) is 0 Å². The van der Waals surface area contributed by atoms with Crippen LogP contribution in [0.4, 0.5) is 0 Å². The lowest BCUT2D eigenvalue weighted by Crippen LogP contribution is -2.19. The van der Waals surface area contributed by atoms with Crippen LogP contribution in [0.1, 0.15) is 32.6 Å². The van der Waals surface area contributed by atoms with E-state index in [9.17, 15) is 4.79 Å². The third kappa shape index (κ3) is 14.1. The monoisotopic (exact) mass is 279 g/mol. The fourth-order valence-corrected chi connectivity index (χ4v) is 3.39. The predicted octanol–water partition coefficient (Wildman–Crippen LogP) is 3.05. The largest absolute Gasteiger partial charge is 0.464 e. The lowest BCUT2D eigenvalue weighted by atomic mass is 10.2. The second kappa shape index (κ2) is 12.6. The molecule has 0 saturated carbocycles. The van der Waals surface area contributed by atoms with Gasteiger partial charge in [-0.25, -0.2) is 0 Å². The number of unbranched alkanes of at least 4 members (excludes halogenated alkanes) is 1. The molecule has 0 aromatic heterocycles. The van der Waals surface area contributed by atoms with Crippen molar-refractivity contribution < 1.29 is 9.53 Å². The van der Waals surface area contributed by atoms with Crippen molar-refractivity contribution in [1.29, 1.82) is 0 Å². The van der Waals surface area contributed by atoms with Gasteiger partial charge in [-0.3, -0.25) is 4.79 Å².